The molecule has 2 atom stereocenters. The minimum atomic E-state index is -1.66. The van der Waals surface area contributed by atoms with E-state index in [1.807, 2.05) is 22.9 Å². The SMILES string of the molecule is C[C@H](CC(=O)c1ccccc1)C(=O)NC(Cc1ccsc1)B(O)O. The molecular weight excluding hydrogens is 325 g/mol. The van der Waals surface area contributed by atoms with Crippen molar-refractivity contribution < 1.29 is 19.6 Å². The van der Waals surface area contributed by atoms with Crippen LogP contribution in [0.1, 0.15) is 29.3 Å². The van der Waals surface area contributed by atoms with Gasteiger partial charge >= 0.3 is 7.12 Å². The second kappa shape index (κ2) is 8.77. The maximum absolute atomic E-state index is 12.3. The molecule has 0 radical (unpaired) electrons. The number of carbonyl (C=O) groups is 2. The van der Waals surface area contributed by atoms with Gasteiger partial charge in [0.1, 0.15) is 0 Å². The first-order valence-electron chi connectivity index (χ1n) is 7.73. The lowest BCUT2D eigenvalue weighted by atomic mass is 9.76. The highest BCUT2D eigenvalue weighted by molar-refractivity contribution is 7.07. The van der Waals surface area contributed by atoms with Gasteiger partial charge in [0.2, 0.25) is 5.91 Å². The lowest BCUT2D eigenvalue weighted by Crippen LogP contribution is -2.49. The number of amides is 1. The van der Waals surface area contributed by atoms with E-state index in [1.165, 1.54) is 11.3 Å². The summed E-state index contributed by atoms with van der Waals surface area (Å²) in [5.41, 5.74) is 1.49. The maximum atomic E-state index is 12.3. The Morgan fingerprint density at radius 1 is 1.21 bits per heavy atom. The van der Waals surface area contributed by atoms with Gasteiger partial charge in [-0.25, -0.2) is 0 Å². The van der Waals surface area contributed by atoms with Crippen LogP contribution in [0.4, 0.5) is 0 Å². The van der Waals surface area contributed by atoms with Gasteiger partial charge in [0, 0.05) is 17.9 Å². The summed E-state index contributed by atoms with van der Waals surface area (Å²) in [4.78, 5) is 24.4. The van der Waals surface area contributed by atoms with E-state index in [0.717, 1.165) is 5.56 Å². The highest BCUT2D eigenvalue weighted by atomic mass is 32.1. The molecule has 0 spiro atoms. The number of ketones is 1. The quantitative estimate of drug-likeness (QED) is 0.502. The Labute approximate surface area is 145 Å². The largest absolute Gasteiger partial charge is 0.475 e. The molecule has 3 N–H and O–H groups in total. The number of thiophene rings is 1. The van der Waals surface area contributed by atoms with Gasteiger partial charge in [-0.15, -0.1) is 0 Å². The van der Waals surface area contributed by atoms with E-state index < -0.39 is 19.0 Å². The molecule has 0 aliphatic heterocycles. The highest BCUT2D eigenvalue weighted by Gasteiger charge is 2.28. The monoisotopic (exact) mass is 345 g/mol. The van der Waals surface area contributed by atoms with Gasteiger partial charge in [0.15, 0.2) is 5.78 Å². The summed E-state index contributed by atoms with van der Waals surface area (Å²) in [6.07, 6.45) is 0.398. The zero-order valence-electron chi connectivity index (χ0n) is 13.4. The third-order valence-electron chi connectivity index (χ3n) is 3.76. The molecule has 1 amide bonds. The molecule has 0 aliphatic rings. The van der Waals surface area contributed by atoms with Crippen molar-refractivity contribution in [2.75, 3.05) is 0 Å². The molecule has 2 rings (SSSR count). The van der Waals surface area contributed by atoms with Crippen molar-refractivity contribution >= 4 is 30.1 Å². The van der Waals surface area contributed by atoms with Crippen LogP contribution in [-0.4, -0.2) is 34.8 Å². The van der Waals surface area contributed by atoms with Crippen LogP contribution in [0.3, 0.4) is 0 Å². The van der Waals surface area contributed by atoms with E-state index in [1.54, 1.807) is 31.2 Å². The number of nitrogens with one attached hydrogen (secondary N) is 1. The molecule has 1 heterocycles. The van der Waals surface area contributed by atoms with Crippen molar-refractivity contribution in [1.82, 2.24) is 5.32 Å². The first-order chi connectivity index (χ1) is 11.5. The standard InChI is InChI=1S/C17H20BNO4S/c1-12(9-15(20)14-5-3-2-4-6-14)17(21)19-16(18(22)23)10-13-7-8-24-11-13/h2-8,11-12,16,22-23H,9-10H2,1H3,(H,19,21)/t12-,16?/m1/s1. The smallest absolute Gasteiger partial charge is 0.426 e. The molecule has 24 heavy (non-hydrogen) atoms. The van der Waals surface area contributed by atoms with Gasteiger partial charge < -0.3 is 15.4 Å². The van der Waals surface area contributed by atoms with Crippen molar-refractivity contribution in [2.24, 2.45) is 5.92 Å². The molecule has 5 nitrogen and oxygen atoms in total. The fourth-order valence-electron chi connectivity index (χ4n) is 2.33. The normalized spacial score (nSPS) is 13.1. The second-order valence-electron chi connectivity index (χ2n) is 5.76. The average Bonchev–Trinajstić information content (AvgIpc) is 3.07. The Morgan fingerprint density at radius 3 is 2.50 bits per heavy atom. The van der Waals surface area contributed by atoms with E-state index in [9.17, 15) is 19.6 Å². The highest BCUT2D eigenvalue weighted by Crippen LogP contribution is 2.12. The van der Waals surface area contributed by atoms with Gasteiger partial charge in [0.05, 0.1) is 5.94 Å². The molecule has 2 aromatic rings. The van der Waals surface area contributed by atoms with Crippen LogP contribution in [0.15, 0.2) is 47.2 Å². The topological polar surface area (TPSA) is 86.6 Å². The summed E-state index contributed by atoms with van der Waals surface area (Å²) in [5, 5.41) is 25.4. The number of hydrogen-bond acceptors (Lipinski definition) is 5. The fraction of sp³-hybridized carbons (Fsp3) is 0.294. The minimum absolute atomic E-state index is 0.0720. The lowest BCUT2D eigenvalue weighted by molar-refractivity contribution is -0.124. The third-order valence-corrected chi connectivity index (χ3v) is 4.49. The van der Waals surface area contributed by atoms with Crippen molar-refractivity contribution in [3.8, 4) is 0 Å². The summed E-state index contributed by atoms with van der Waals surface area (Å²) in [7, 11) is -1.66. The average molecular weight is 345 g/mol. The molecule has 1 aromatic carbocycles. The zero-order valence-corrected chi connectivity index (χ0v) is 14.2. The molecule has 0 saturated heterocycles. The summed E-state index contributed by atoms with van der Waals surface area (Å²) < 4.78 is 0. The van der Waals surface area contributed by atoms with Crippen molar-refractivity contribution in [1.29, 1.82) is 0 Å². The van der Waals surface area contributed by atoms with Crippen LogP contribution in [0.25, 0.3) is 0 Å². The van der Waals surface area contributed by atoms with Crippen LogP contribution < -0.4 is 5.32 Å². The summed E-state index contributed by atoms with van der Waals surface area (Å²) in [6.45, 7) is 1.65. The van der Waals surface area contributed by atoms with E-state index in [0.29, 0.717) is 12.0 Å². The minimum Gasteiger partial charge on any atom is -0.426 e. The van der Waals surface area contributed by atoms with Gasteiger partial charge in [0.25, 0.3) is 0 Å². The molecule has 0 bridgehead atoms. The fourth-order valence-corrected chi connectivity index (χ4v) is 3.01. The van der Waals surface area contributed by atoms with Crippen molar-refractivity contribution in [3.63, 3.8) is 0 Å². The molecule has 0 fully saturated rings. The molecule has 7 heteroatoms. The van der Waals surface area contributed by atoms with Gasteiger partial charge in [-0.3, -0.25) is 9.59 Å². The predicted octanol–water partition coefficient (Wildman–Crippen LogP) is 1.70. The Bertz CT molecular complexity index is 660. The summed E-state index contributed by atoms with van der Waals surface area (Å²) in [5.74, 6) is -1.84. The number of carbonyl (C=O) groups excluding carboxylic acids is 2. The van der Waals surface area contributed by atoms with Crippen LogP contribution in [0, 0.1) is 5.92 Å². The van der Waals surface area contributed by atoms with Crippen LogP contribution in [0.2, 0.25) is 0 Å². The van der Waals surface area contributed by atoms with Crippen molar-refractivity contribution in [3.05, 3.63) is 58.3 Å². The second-order valence-corrected chi connectivity index (χ2v) is 6.54. The molecule has 0 saturated carbocycles. The molecule has 1 unspecified atom stereocenters. The van der Waals surface area contributed by atoms with E-state index in [2.05, 4.69) is 5.32 Å². The van der Waals surface area contributed by atoms with Gasteiger partial charge in [-0.05, 0) is 28.8 Å². The molecular formula is C17H20BNO4S. The van der Waals surface area contributed by atoms with Gasteiger partial charge in [-0.1, -0.05) is 37.3 Å². The maximum Gasteiger partial charge on any atom is 0.475 e. The number of benzene rings is 1. The van der Waals surface area contributed by atoms with Crippen molar-refractivity contribution in [2.45, 2.75) is 25.7 Å². The van der Waals surface area contributed by atoms with Crippen LogP contribution in [-0.2, 0) is 11.2 Å². The number of Topliss-reactive ketones (excluding diaryl/α,β-unsaturated/α-hetero) is 1. The number of hydrogen-bond donors (Lipinski definition) is 3. The Hall–Kier alpha value is -1.96. The Morgan fingerprint density at radius 2 is 1.92 bits per heavy atom. The molecule has 0 aliphatic carbocycles. The zero-order chi connectivity index (χ0) is 17.5. The summed E-state index contributed by atoms with van der Waals surface area (Å²) >= 11 is 1.50. The first kappa shape index (κ1) is 18.4. The van der Waals surface area contributed by atoms with Gasteiger partial charge in [-0.2, -0.15) is 11.3 Å². The predicted molar refractivity (Wildman–Crippen MR) is 94.7 cm³/mol. The van der Waals surface area contributed by atoms with Crippen LogP contribution in [0.5, 0.6) is 0 Å². The van der Waals surface area contributed by atoms with E-state index in [-0.39, 0.29) is 18.1 Å². The van der Waals surface area contributed by atoms with Crippen LogP contribution >= 0.6 is 11.3 Å². The Kier molecular flexibility index (Phi) is 6.72. The number of rotatable bonds is 8. The lowest BCUT2D eigenvalue weighted by Gasteiger charge is -2.20. The van der Waals surface area contributed by atoms with E-state index in [4.69, 9.17) is 0 Å². The third kappa shape index (κ3) is 5.30. The Balaban J connectivity index is 1.92. The van der Waals surface area contributed by atoms with E-state index >= 15 is 0 Å². The molecule has 1 aromatic heterocycles. The first-order valence-corrected chi connectivity index (χ1v) is 8.67. The summed E-state index contributed by atoms with van der Waals surface area (Å²) in [6, 6.07) is 10.7. The molecule has 126 valence electrons.